The normalized spacial score (nSPS) is 20.7. The number of hydrogen-bond acceptors (Lipinski definition) is 6. The zero-order valence-corrected chi connectivity index (χ0v) is 20.6. The van der Waals surface area contributed by atoms with Gasteiger partial charge in [0.15, 0.2) is 6.61 Å². The Labute approximate surface area is 203 Å². The summed E-state index contributed by atoms with van der Waals surface area (Å²) in [7, 11) is 0. The van der Waals surface area contributed by atoms with Crippen LogP contribution in [0.1, 0.15) is 50.4 Å². The molecule has 3 atom stereocenters. The van der Waals surface area contributed by atoms with Crippen molar-refractivity contribution in [3.8, 4) is 10.6 Å². The van der Waals surface area contributed by atoms with Crippen LogP contribution in [0.5, 0.6) is 0 Å². The zero-order chi connectivity index (χ0) is 23.5. The summed E-state index contributed by atoms with van der Waals surface area (Å²) in [5, 5.41) is 0.670. The highest BCUT2D eigenvalue weighted by atomic mass is 35.5. The largest absolute Gasteiger partial charge is 0.460 e. The van der Waals surface area contributed by atoms with Crippen molar-refractivity contribution in [2.45, 2.75) is 46.1 Å². The first kappa shape index (κ1) is 23.7. The smallest absolute Gasteiger partial charge is 0.344 e. The van der Waals surface area contributed by atoms with Gasteiger partial charge in [0.2, 0.25) is 0 Å². The van der Waals surface area contributed by atoms with Crippen LogP contribution in [0.3, 0.4) is 0 Å². The summed E-state index contributed by atoms with van der Waals surface area (Å²) in [5.74, 6) is 0.215. The lowest BCUT2D eigenvalue weighted by molar-refractivity contribution is -0.159. The van der Waals surface area contributed by atoms with E-state index in [1.807, 2.05) is 30.3 Å². The number of fused-ring (bicyclic) bond motifs is 1. The Balaban J connectivity index is 1.49. The molecule has 3 unspecified atom stereocenters. The average Bonchev–Trinajstić information content (AvgIpc) is 3.23. The summed E-state index contributed by atoms with van der Waals surface area (Å²) >= 11 is 7.47. The number of hydrogen-bond donors (Lipinski definition) is 0. The van der Waals surface area contributed by atoms with E-state index in [0.717, 1.165) is 24.1 Å². The van der Waals surface area contributed by atoms with E-state index in [-0.39, 0.29) is 6.10 Å². The molecule has 1 fully saturated rings. The number of pyridine rings is 1. The first-order valence-corrected chi connectivity index (χ1v) is 12.5. The molecule has 0 bridgehead atoms. The molecule has 4 rings (SSSR count). The minimum Gasteiger partial charge on any atom is -0.460 e. The number of thiophene rings is 1. The molecule has 1 aliphatic carbocycles. The summed E-state index contributed by atoms with van der Waals surface area (Å²) in [5.41, 5.74) is 1.67. The lowest BCUT2D eigenvalue weighted by Crippen LogP contribution is -2.36. The fourth-order valence-electron chi connectivity index (χ4n) is 4.58. The van der Waals surface area contributed by atoms with Gasteiger partial charge in [-0.2, -0.15) is 0 Å². The topological polar surface area (TPSA) is 65.5 Å². The molecular formula is C26H28ClNO4S. The number of carbonyl (C=O) groups excluding carboxylic acids is 2. The third-order valence-corrected chi connectivity index (χ3v) is 7.58. The molecule has 2 heterocycles. The number of nitrogens with zero attached hydrogens (tertiary/aromatic N) is 1. The molecule has 33 heavy (non-hydrogen) atoms. The Kier molecular flexibility index (Phi) is 7.35. The molecule has 7 heteroatoms. The van der Waals surface area contributed by atoms with Gasteiger partial charge in [0.25, 0.3) is 0 Å². The van der Waals surface area contributed by atoms with Crippen LogP contribution in [-0.4, -0.2) is 29.6 Å². The van der Waals surface area contributed by atoms with E-state index in [0.29, 0.717) is 44.3 Å². The van der Waals surface area contributed by atoms with Gasteiger partial charge in [-0.15, -0.1) is 11.3 Å². The Bertz CT molecular complexity index is 1160. The van der Waals surface area contributed by atoms with E-state index in [9.17, 15) is 9.59 Å². The van der Waals surface area contributed by atoms with Crippen LogP contribution in [0.15, 0.2) is 42.5 Å². The maximum atomic E-state index is 13.0. The number of rotatable bonds is 6. The Morgan fingerprint density at radius 1 is 1.18 bits per heavy atom. The molecule has 174 valence electrons. The molecular weight excluding hydrogens is 458 g/mol. The number of ether oxygens (including phenoxy) is 2. The minimum atomic E-state index is -0.577. The van der Waals surface area contributed by atoms with Gasteiger partial charge in [0.1, 0.15) is 6.10 Å². The van der Waals surface area contributed by atoms with Crippen LogP contribution in [0.4, 0.5) is 0 Å². The van der Waals surface area contributed by atoms with Crippen LogP contribution in [0.2, 0.25) is 4.34 Å². The van der Waals surface area contributed by atoms with E-state index < -0.39 is 18.5 Å². The molecule has 1 aliphatic rings. The van der Waals surface area contributed by atoms with Gasteiger partial charge < -0.3 is 9.47 Å². The van der Waals surface area contributed by atoms with Crippen molar-refractivity contribution in [1.82, 2.24) is 4.98 Å². The molecule has 5 nitrogen and oxygen atoms in total. The molecule has 0 saturated heterocycles. The van der Waals surface area contributed by atoms with E-state index >= 15 is 0 Å². The molecule has 1 saturated carbocycles. The van der Waals surface area contributed by atoms with Crippen LogP contribution >= 0.6 is 22.9 Å². The van der Waals surface area contributed by atoms with Gasteiger partial charge in [-0.25, -0.2) is 14.6 Å². The fraction of sp³-hybridized carbons (Fsp3) is 0.423. The molecule has 0 aliphatic heterocycles. The van der Waals surface area contributed by atoms with Gasteiger partial charge in [-0.05, 0) is 54.9 Å². The van der Waals surface area contributed by atoms with Crippen LogP contribution in [0.25, 0.3) is 21.5 Å². The average molecular weight is 486 g/mol. The molecule has 0 spiro atoms. The number of aromatic nitrogens is 1. The van der Waals surface area contributed by atoms with E-state index in [4.69, 9.17) is 21.1 Å². The third kappa shape index (κ3) is 5.56. The molecule has 0 radical (unpaired) electrons. The third-order valence-electron chi connectivity index (χ3n) is 6.33. The number of carbonyl (C=O) groups is 2. The summed E-state index contributed by atoms with van der Waals surface area (Å²) in [4.78, 5) is 31.1. The molecule has 1 aromatic carbocycles. The minimum absolute atomic E-state index is 0.128. The predicted octanol–water partition coefficient (Wildman–Crippen LogP) is 6.78. The molecule has 2 aromatic heterocycles. The Morgan fingerprint density at radius 2 is 1.97 bits per heavy atom. The SMILES string of the molecule is CC1CCC(C(C)C)C(OC(=O)COC(=O)c2cc(-c3ccc(Cl)s3)nc3ccccc23)C1. The van der Waals surface area contributed by atoms with Gasteiger partial charge >= 0.3 is 11.9 Å². The predicted molar refractivity (Wildman–Crippen MR) is 132 cm³/mol. The fourth-order valence-corrected chi connectivity index (χ4v) is 5.58. The number of para-hydroxylation sites is 1. The highest BCUT2D eigenvalue weighted by Gasteiger charge is 2.33. The number of esters is 2. The van der Waals surface area contributed by atoms with Gasteiger partial charge in [-0.3, -0.25) is 0 Å². The van der Waals surface area contributed by atoms with Crippen LogP contribution in [0, 0.1) is 17.8 Å². The summed E-state index contributed by atoms with van der Waals surface area (Å²) < 4.78 is 11.8. The zero-order valence-electron chi connectivity index (χ0n) is 19.0. The summed E-state index contributed by atoms with van der Waals surface area (Å²) in [6, 6.07) is 12.7. The standard InChI is InChI=1S/C26H28ClNO4S/c1-15(2)17-9-8-16(3)12-22(17)32-25(29)14-31-26(30)19-13-21(23-10-11-24(27)33-23)28-20-7-5-4-6-18(19)20/h4-7,10-11,13,15-17,22H,8-9,12,14H2,1-3H3. The second-order valence-electron chi connectivity index (χ2n) is 9.11. The number of benzene rings is 1. The lowest BCUT2D eigenvalue weighted by Gasteiger charge is -2.36. The van der Waals surface area contributed by atoms with Crippen LogP contribution in [-0.2, 0) is 14.3 Å². The van der Waals surface area contributed by atoms with Crippen LogP contribution < -0.4 is 0 Å². The first-order valence-electron chi connectivity index (χ1n) is 11.3. The molecule has 0 N–H and O–H groups in total. The second-order valence-corrected chi connectivity index (χ2v) is 10.8. The van der Waals surface area contributed by atoms with Crippen molar-refractivity contribution in [1.29, 1.82) is 0 Å². The molecule has 0 amide bonds. The van der Waals surface area contributed by atoms with Crippen molar-refractivity contribution in [2.75, 3.05) is 6.61 Å². The first-order chi connectivity index (χ1) is 15.8. The van der Waals surface area contributed by atoms with Crippen molar-refractivity contribution >= 4 is 45.8 Å². The van der Waals surface area contributed by atoms with Gasteiger partial charge in [-0.1, -0.05) is 57.0 Å². The van der Waals surface area contributed by atoms with Crippen molar-refractivity contribution in [3.63, 3.8) is 0 Å². The highest BCUT2D eigenvalue weighted by molar-refractivity contribution is 7.19. The maximum absolute atomic E-state index is 13.0. The summed E-state index contributed by atoms with van der Waals surface area (Å²) in [6.45, 7) is 6.10. The van der Waals surface area contributed by atoms with Crippen molar-refractivity contribution in [2.24, 2.45) is 17.8 Å². The quantitative estimate of drug-likeness (QED) is 0.360. The Morgan fingerprint density at radius 3 is 2.70 bits per heavy atom. The number of halogens is 1. The van der Waals surface area contributed by atoms with Gasteiger partial charge in [0.05, 0.1) is 26.0 Å². The Hall–Kier alpha value is -2.44. The van der Waals surface area contributed by atoms with Crippen molar-refractivity contribution in [3.05, 3.63) is 52.4 Å². The maximum Gasteiger partial charge on any atom is 0.344 e. The van der Waals surface area contributed by atoms with E-state index in [1.54, 1.807) is 12.1 Å². The second kappa shape index (κ2) is 10.2. The van der Waals surface area contributed by atoms with E-state index in [2.05, 4.69) is 25.8 Å². The lowest BCUT2D eigenvalue weighted by atomic mass is 9.75. The summed E-state index contributed by atoms with van der Waals surface area (Å²) in [6.07, 6.45) is 2.93. The van der Waals surface area contributed by atoms with Crippen molar-refractivity contribution < 1.29 is 19.1 Å². The molecule has 3 aromatic rings. The van der Waals surface area contributed by atoms with Gasteiger partial charge in [0, 0.05) is 5.39 Å². The highest BCUT2D eigenvalue weighted by Crippen LogP contribution is 2.35. The van der Waals surface area contributed by atoms with E-state index in [1.165, 1.54) is 11.3 Å². The monoisotopic (exact) mass is 485 g/mol.